The molecule has 2 N–H and O–H groups in total. The third-order valence-corrected chi connectivity index (χ3v) is 4.89. The van der Waals surface area contributed by atoms with Crippen molar-refractivity contribution in [1.29, 1.82) is 0 Å². The number of methoxy groups -OCH3 is 2. The van der Waals surface area contributed by atoms with Gasteiger partial charge in [-0.3, -0.25) is 9.59 Å². The van der Waals surface area contributed by atoms with Crippen LogP contribution in [0.4, 0.5) is 11.4 Å². The van der Waals surface area contributed by atoms with E-state index in [-0.39, 0.29) is 11.5 Å². The number of fused-ring (bicyclic) bond motifs is 1. The minimum Gasteiger partial charge on any atom is -0.497 e. The molecule has 0 saturated carbocycles. The van der Waals surface area contributed by atoms with Crippen molar-refractivity contribution in [2.45, 2.75) is 4.90 Å². The molecule has 2 aromatic carbocycles. The summed E-state index contributed by atoms with van der Waals surface area (Å²) in [4.78, 5) is 36.6. The number of ether oxygens (including phenoxy) is 3. The second-order valence-electron chi connectivity index (χ2n) is 5.77. The number of carbonyl (C=O) groups excluding carboxylic acids is 3. The van der Waals surface area contributed by atoms with Gasteiger partial charge in [-0.05, 0) is 18.2 Å². The van der Waals surface area contributed by atoms with E-state index in [4.69, 9.17) is 14.2 Å². The first-order valence-electron chi connectivity index (χ1n) is 8.25. The number of hydrogen-bond acceptors (Lipinski definition) is 7. The lowest BCUT2D eigenvalue weighted by atomic mass is 10.2. The zero-order chi connectivity index (χ0) is 20.1. The predicted molar refractivity (Wildman–Crippen MR) is 104 cm³/mol. The molecule has 0 saturated heterocycles. The van der Waals surface area contributed by atoms with Gasteiger partial charge in [-0.1, -0.05) is 0 Å². The highest BCUT2D eigenvalue weighted by molar-refractivity contribution is 8.00. The molecule has 1 aliphatic heterocycles. The maximum atomic E-state index is 12.2. The molecule has 0 aromatic heterocycles. The molecule has 1 heterocycles. The van der Waals surface area contributed by atoms with Gasteiger partial charge in [0.15, 0.2) is 6.61 Å². The van der Waals surface area contributed by atoms with Gasteiger partial charge >= 0.3 is 5.97 Å². The lowest BCUT2D eigenvalue weighted by molar-refractivity contribution is -0.119. The van der Waals surface area contributed by atoms with E-state index < -0.39 is 18.5 Å². The Bertz CT molecular complexity index is 908. The summed E-state index contributed by atoms with van der Waals surface area (Å²) in [6, 6.07) is 9.77. The van der Waals surface area contributed by atoms with Crippen molar-refractivity contribution in [3.05, 3.63) is 42.0 Å². The Labute approximate surface area is 165 Å². The summed E-state index contributed by atoms with van der Waals surface area (Å²) in [6.45, 7) is -0.462. The Morgan fingerprint density at radius 1 is 1.11 bits per heavy atom. The van der Waals surface area contributed by atoms with E-state index in [1.54, 1.807) is 30.3 Å². The van der Waals surface area contributed by atoms with Gasteiger partial charge in [0.2, 0.25) is 5.91 Å². The highest BCUT2D eigenvalue weighted by atomic mass is 32.2. The van der Waals surface area contributed by atoms with E-state index >= 15 is 0 Å². The third-order valence-electron chi connectivity index (χ3n) is 3.82. The van der Waals surface area contributed by atoms with Gasteiger partial charge in [0.05, 0.1) is 31.2 Å². The van der Waals surface area contributed by atoms with Crippen LogP contribution >= 0.6 is 11.8 Å². The van der Waals surface area contributed by atoms with E-state index in [2.05, 4.69) is 10.6 Å². The second-order valence-corrected chi connectivity index (χ2v) is 6.79. The normalized spacial score (nSPS) is 12.4. The molecule has 146 valence electrons. The molecule has 0 fully saturated rings. The van der Waals surface area contributed by atoms with E-state index in [1.165, 1.54) is 32.0 Å². The molecule has 3 rings (SSSR count). The predicted octanol–water partition coefficient (Wildman–Crippen LogP) is 2.54. The van der Waals surface area contributed by atoms with Crippen LogP contribution in [-0.4, -0.2) is 44.4 Å². The Hall–Kier alpha value is -3.20. The average Bonchev–Trinajstić information content (AvgIpc) is 2.71. The standard InChI is InChI=1S/C19H18N2O6S/c1-25-13-6-12(7-14(8-13)26-2)20-17(22)9-27-19(24)11-3-4-16-15(5-11)21-18(23)10-28-16/h3-8H,9-10H2,1-2H3,(H,20,22)(H,21,23). The van der Waals surface area contributed by atoms with Crippen molar-refractivity contribution in [2.24, 2.45) is 0 Å². The highest BCUT2D eigenvalue weighted by Crippen LogP contribution is 2.32. The molecule has 0 aliphatic carbocycles. The van der Waals surface area contributed by atoms with Gasteiger partial charge in [0.1, 0.15) is 11.5 Å². The monoisotopic (exact) mass is 402 g/mol. The Kier molecular flexibility index (Phi) is 6.05. The minimum atomic E-state index is -0.661. The summed E-state index contributed by atoms with van der Waals surface area (Å²) in [5, 5.41) is 5.32. The van der Waals surface area contributed by atoms with Gasteiger partial charge in [0.25, 0.3) is 5.91 Å². The second kappa shape index (κ2) is 8.66. The molecular weight excluding hydrogens is 384 g/mol. The van der Waals surface area contributed by atoms with E-state index in [0.29, 0.717) is 28.6 Å². The van der Waals surface area contributed by atoms with Crippen LogP contribution in [0.5, 0.6) is 11.5 Å². The van der Waals surface area contributed by atoms with Gasteiger partial charge < -0.3 is 24.8 Å². The minimum absolute atomic E-state index is 0.129. The van der Waals surface area contributed by atoms with Crippen LogP contribution in [0.1, 0.15) is 10.4 Å². The van der Waals surface area contributed by atoms with Crippen LogP contribution in [0.15, 0.2) is 41.3 Å². The number of nitrogens with one attached hydrogen (secondary N) is 2. The molecule has 2 amide bonds. The fourth-order valence-electron chi connectivity index (χ4n) is 2.50. The van der Waals surface area contributed by atoms with Gasteiger partial charge in [0, 0.05) is 28.8 Å². The molecular formula is C19H18N2O6S. The fraction of sp³-hybridized carbons (Fsp3) is 0.211. The lowest BCUT2D eigenvalue weighted by Gasteiger charge is -2.16. The maximum absolute atomic E-state index is 12.2. The Balaban J connectivity index is 1.59. The largest absolute Gasteiger partial charge is 0.497 e. The van der Waals surface area contributed by atoms with Crippen LogP contribution in [0.25, 0.3) is 0 Å². The number of amides is 2. The number of hydrogen-bond donors (Lipinski definition) is 2. The van der Waals surface area contributed by atoms with Crippen LogP contribution in [0.3, 0.4) is 0 Å². The molecule has 0 atom stereocenters. The molecule has 8 nitrogen and oxygen atoms in total. The summed E-state index contributed by atoms with van der Waals surface area (Å²) >= 11 is 1.39. The lowest BCUT2D eigenvalue weighted by Crippen LogP contribution is -2.22. The van der Waals surface area contributed by atoms with Crippen LogP contribution in [-0.2, 0) is 14.3 Å². The third kappa shape index (κ3) is 4.74. The number of rotatable bonds is 6. The van der Waals surface area contributed by atoms with E-state index in [0.717, 1.165) is 4.90 Å². The summed E-state index contributed by atoms with van der Waals surface area (Å²) in [7, 11) is 3.00. The zero-order valence-corrected chi connectivity index (χ0v) is 16.1. The molecule has 0 unspecified atom stereocenters. The number of anilines is 2. The van der Waals surface area contributed by atoms with Crippen molar-refractivity contribution in [1.82, 2.24) is 0 Å². The van der Waals surface area contributed by atoms with E-state index in [1.807, 2.05) is 0 Å². The quantitative estimate of drug-likeness (QED) is 0.716. The summed E-state index contributed by atoms with van der Waals surface area (Å²) in [5.41, 5.74) is 1.26. The maximum Gasteiger partial charge on any atom is 0.338 e. The first-order valence-corrected chi connectivity index (χ1v) is 9.24. The number of thioether (sulfide) groups is 1. The SMILES string of the molecule is COc1cc(NC(=O)COC(=O)c2ccc3c(c2)NC(=O)CS3)cc(OC)c1. The van der Waals surface area contributed by atoms with Gasteiger partial charge in [-0.25, -0.2) is 4.79 Å². The molecule has 0 radical (unpaired) electrons. The van der Waals surface area contributed by atoms with Crippen molar-refractivity contribution in [3.63, 3.8) is 0 Å². The Morgan fingerprint density at radius 2 is 1.82 bits per heavy atom. The molecule has 0 spiro atoms. The molecule has 1 aliphatic rings. The van der Waals surface area contributed by atoms with Crippen molar-refractivity contribution in [3.8, 4) is 11.5 Å². The molecule has 2 aromatic rings. The Morgan fingerprint density at radius 3 is 2.50 bits per heavy atom. The molecule has 0 bridgehead atoms. The van der Waals surface area contributed by atoms with Crippen molar-refractivity contribution < 1.29 is 28.6 Å². The van der Waals surface area contributed by atoms with Crippen LogP contribution in [0.2, 0.25) is 0 Å². The highest BCUT2D eigenvalue weighted by Gasteiger charge is 2.18. The fourth-order valence-corrected chi connectivity index (χ4v) is 3.29. The smallest absolute Gasteiger partial charge is 0.338 e. The topological polar surface area (TPSA) is 103 Å². The molecule has 9 heteroatoms. The average molecular weight is 402 g/mol. The summed E-state index contributed by atoms with van der Waals surface area (Å²) < 4.78 is 15.3. The van der Waals surface area contributed by atoms with Crippen molar-refractivity contribution >= 4 is 40.9 Å². The first kappa shape index (κ1) is 19.6. The van der Waals surface area contributed by atoms with Gasteiger partial charge in [-0.15, -0.1) is 11.8 Å². The van der Waals surface area contributed by atoms with Crippen LogP contribution in [0, 0.1) is 0 Å². The first-order chi connectivity index (χ1) is 13.5. The zero-order valence-electron chi connectivity index (χ0n) is 15.2. The van der Waals surface area contributed by atoms with E-state index in [9.17, 15) is 14.4 Å². The van der Waals surface area contributed by atoms with Gasteiger partial charge in [-0.2, -0.15) is 0 Å². The van der Waals surface area contributed by atoms with Crippen molar-refractivity contribution in [2.75, 3.05) is 37.2 Å². The number of carbonyl (C=O) groups is 3. The summed E-state index contributed by atoms with van der Waals surface area (Å²) in [6.07, 6.45) is 0. The number of esters is 1. The summed E-state index contributed by atoms with van der Waals surface area (Å²) in [5.74, 6) is 0.0697. The number of benzene rings is 2. The van der Waals surface area contributed by atoms with Crippen LogP contribution < -0.4 is 20.1 Å². The molecule has 28 heavy (non-hydrogen) atoms.